The van der Waals surface area contributed by atoms with Gasteiger partial charge in [0.1, 0.15) is 11.6 Å². The fraction of sp³-hybridized carbons (Fsp3) is 0.143. The maximum Gasteiger partial charge on any atom is 0.368 e. The molecule has 8 heteroatoms. The summed E-state index contributed by atoms with van der Waals surface area (Å²) in [5.41, 5.74) is 1.13. The minimum Gasteiger partial charge on any atom is -0.244 e. The van der Waals surface area contributed by atoms with Crippen molar-refractivity contribution in [2.45, 2.75) is 17.3 Å². The van der Waals surface area contributed by atoms with Gasteiger partial charge in [0.05, 0.1) is 6.07 Å². The Hall–Kier alpha value is -2.30. The van der Waals surface area contributed by atoms with Crippen LogP contribution >= 0.6 is 23.4 Å². The Morgan fingerprint density at radius 2 is 1.95 bits per heavy atom. The summed E-state index contributed by atoms with van der Waals surface area (Å²) in [7, 11) is 0. The quantitative estimate of drug-likeness (QED) is 0.686. The maximum absolute atomic E-state index is 12.0. The topological polar surface area (TPSA) is 76.0 Å². The van der Waals surface area contributed by atoms with E-state index in [1.807, 2.05) is 30.3 Å². The van der Waals surface area contributed by atoms with Crippen LogP contribution < -0.4 is 5.69 Å². The van der Waals surface area contributed by atoms with Gasteiger partial charge in [-0.25, -0.2) is 4.79 Å². The summed E-state index contributed by atoms with van der Waals surface area (Å²) < 4.78 is 2.30. The summed E-state index contributed by atoms with van der Waals surface area (Å²) in [4.78, 5) is 12.0. The highest BCUT2D eigenvalue weighted by molar-refractivity contribution is 7.98. The fourth-order valence-electron chi connectivity index (χ4n) is 1.88. The second-order valence-corrected chi connectivity index (χ2v) is 5.89. The Morgan fingerprint density at radius 3 is 2.68 bits per heavy atom. The fourth-order valence-corrected chi connectivity index (χ4v) is 2.81. The molecule has 6 nitrogen and oxygen atoms in total. The molecule has 0 amide bonds. The molecule has 0 N–H and O–H groups in total. The Balaban J connectivity index is 1.83. The van der Waals surface area contributed by atoms with E-state index in [-0.39, 0.29) is 6.54 Å². The van der Waals surface area contributed by atoms with Crippen LogP contribution in [0.3, 0.4) is 0 Å². The largest absolute Gasteiger partial charge is 0.368 e. The van der Waals surface area contributed by atoms with Crippen molar-refractivity contribution < 1.29 is 0 Å². The van der Waals surface area contributed by atoms with Gasteiger partial charge in [-0.2, -0.15) is 19.6 Å². The average Bonchev–Trinajstić information content (AvgIpc) is 2.83. The number of nitrogens with zero attached hydrogens (tertiary/aromatic N) is 5. The first-order valence-corrected chi connectivity index (χ1v) is 7.75. The number of hydrogen-bond acceptors (Lipinski definition) is 5. The number of benzene rings is 1. The molecule has 110 valence electrons. The number of nitriles is 1. The van der Waals surface area contributed by atoms with Gasteiger partial charge < -0.3 is 0 Å². The second kappa shape index (κ2) is 6.22. The van der Waals surface area contributed by atoms with E-state index in [9.17, 15) is 4.79 Å². The van der Waals surface area contributed by atoms with Crippen LogP contribution in [0.15, 0.2) is 46.2 Å². The van der Waals surface area contributed by atoms with Crippen LogP contribution in [-0.2, 0) is 12.3 Å². The molecule has 0 saturated heterocycles. The molecule has 0 unspecified atom stereocenters. The molecule has 22 heavy (non-hydrogen) atoms. The van der Waals surface area contributed by atoms with E-state index < -0.39 is 5.69 Å². The molecular formula is C14H10ClN5OS. The summed E-state index contributed by atoms with van der Waals surface area (Å²) in [6, 6.07) is 13.0. The number of halogens is 1. The van der Waals surface area contributed by atoms with Crippen molar-refractivity contribution in [2.75, 3.05) is 0 Å². The molecule has 0 saturated carbocycles. The summed E-state index contributed by atoms with van der Waals surface area (Å²) >= 11 is 7.36. The van der Waals surface area contributed by atoms with E-state index in [1.54, 1.807) is 12.1 Å². The average molecular weight is 332 g/mol. The molecule has 2 aromatic heterocycles. The molecule has 1 aromatic carbocycles. The van der Waals surface area contributed by atoms with E-state index in [4.69, 9.17) is 16.9 Å². The van der Waals surface area contributed by atoms with Crippen LogP contribution in [0.25, 0.3) is 5.65 Å². The zero-order valence-electron chi connectivity index (χ0n) is 11.3. The van der Waals surface area contributed by atoms with Crippen LogP contribution in [-0.4, -0.2) is 19.4 Å². The Labute approximate surface area is 134 Å². The van der Waals surface area contributed by atoms with Gasteiger partial charge in [-0.05, 0) is 29.8 Å². The zero-order chi connectivity index (χ0) is 15.5. The third-order valence-electron chi connectivity index (χ3n) is 2.94. The molecule has 0 aliphatic rings. The lowest BCUT2D eigenvalue weighted by molar-refractivity contribution is 0.665. The summed E-state index contributed by atoms with van der Waals surface area (Å²) in [6.45, 7) is -0.0879. The van der Waals surface area contributed by atoms with Gasteiger partial charge in [0.25, 0.3) is 0 Å². The monoisotopic (exact) mass is 331 g/mol. The highest BCUT2D eigenvalue weighted by Crippen LogP contribution is 2.21. The molecule has 0 aliphatic heterocycles. The minimum atomic E-state index is -0.412. The smallest absolute Gasteiger partial charge is 0.244 e. The highest BCUT2D eigenvalue weighted by atomic mass is 35.5. The lowest BCUT2D eigenvalue weighted by atomic mass is 10.2. The lowest BCUT2D eigenvalue weighted by Crippen LogP contribution is -2.22. The van der Waals surface area contributed by atoms with Gasteiger partial charge in [0.2, 0.25) is 0 Å². The Bertz CT molecular complexity index is 910. The zero-order valence-corrected chi connectivity index (χ0v) is 12.9. The van der Waals surface area contributed by atoms with Gasteiger partial charge in [-0.15, -0.1) is 5.10 Å². The lowest BCUT2D eigenvalue weighted by Gasteiger charge is -2.01. The van der Waals surface area contributed by atoms with E-state index in [2.05, 4.69) is 10.2 Å². The Morgan fingerprint density at radius 1 is 1.18 bits per heavy atom. The molecule has 0 aliphatic carbocycles. The van der Waals surface area contributed by atoms with Crippen LogP contribution in [0.1, 0.15) is 5.56 Å². The number of aromatic nitrogens is 4. The van der Waals surface area contributed by atoms with Crippen molar-refractivity contribution >= 4 is 29.0 Å². The summed E-state index contributed by atoms with van der Waals surface area (Å²) in [6.07, 6.45) is 0. The van der Waals surface area contributed by atoms with Gasteiger partial charge in [0, 0.05) is 10.8 Å². The molecule has 0 fully saturated rings. The summed E-state index contributed by atoms with van der Waals surface area (Å²) in [5, 5.41) is 18.4. The maximum atomic E-state index is 12.0. The molecule has 0 bridgehead atoms. The molecular weight excluding hydrogens is 322 g/mol. The third kappa shape index (κ3) is 2.98. The number of fused-ring (bicyclic) bond motifs is 1. The number of hydrogen-bond donors (Lipinski definition) is 0. The predicted octanol–water partition coefficient (Wildman–Crippen LogP) is 2.36. The summed E-state index contributed by atoms with van der Waals surface area (Å²) in [5.74, 6) is 0.719. The third-order valence-corrected chi connectivity index (χ3v) is 4.18. The standard InChI is InChI=1S/C14H10ClN5OS/c15-11-3-1-10(2-4-11)9-22-13-6-5-12-17-19(8-7-16)14(21)20(12)18-13/h1-6H,8-9H2. The van der Waals surface area contributed by atoms with Crippen molar-refractivity contribution in [3.05, 3.63) is 57.5 Å². The normalized spacial score (nSPS) is 10.7. The predicted molar refractivity (Wildman–Crippen MR) is 83.9 cm³/mol. The first-order valence-electron chi connectivity index (χ1n) is 6.38. The van der Waals surface area contributed by atoms with Crippen molar-refractivity contribution in [1.82, 2.24) is 19.4 Å². The van der Waals surface area contributed by atoms with E-state index in [1.165, 1.54) is 16.3 Å². The molecule has 0 radical (unpaired) electrons. The second-order valence-electron chi connectivity index (χ2n) is 4.46. The van der Waals surface area contributed by atoms with Crippen LogP contribution in [0.5, 0.6) is 0 Å². The van der Waals surface area contributed by atoms with Gasteiger partial charge >= 0.3 is 5.69 Å². The van der Waals surface area contributed by atoms with Crippen molar-refractivity contribution in [2.24, 2.45) is 0 Å². The minimum absolute atomic E-state index is 0.0879. The van der Waals surface area contributed by atoms with Gasteiger partial charge in [-0.3, -0.25) is 0 Å². The van der Waals surface area contributed by atoms with Crippen molar-refractivity contribution in [3.63, 3.8) is 0 Å². The molecule has 3 rings (SSSR count). The molecule has 2 heterocycles. The number of thioether (sulfide) groups is 1. The van der Waals surface area contributed by atoms with E-state index in [0.717, 1.165) is 16.0 Å². The van der Waals surface area contributed by atoms with Gasteiger partial charge in [-0.1, -0.05) is 35.5 Å². The van der Waals surface area contributed by atoms with Crippen LogP contribution in [0, 0.1) is 11.3 Å². The molecule has 0 spiro atoms. The van der Waals surface area contributed by atoms with Gasteiger partial charge in [0.15, 0.2) is 5.65 Å². The molecule has 0 atom stereocenters. The number of rotatable bonds is 4. The van der Waals surface area contributed by atoms with E-state index in [0.29, 0.717) is 15.7 Å². The van der Waals surface area contributed by atoms with E-state index >= 15 is 0 Å². The van der Waals surface area contributed by atoms with Crippen molar-refractivity contribution in [3.8, 4) is 6.07 Å². The first kappa shape index (κ1) is 14.6. The Kier molecular flexibility index (Phi) is 4.13. The first-order chi connectivity index (χ1) is 10.7. The SMILES string of the molecule is N#CCn1nc2ccc(SCc3ccc(Cl)cc3)nn2c1=O. The van der Waals surface area contributed by atoms with Crippen LogP contribution in [0.4, 0.5) is 0 Å². The highest BCUT2D eigenvalue weighted by Gasteiger charge is 2.08. The van der Waals surface area contributed by atoms with Crippen molar-refractivity contribution in [1.29, 1.82) is 5.26 Å². The molecule has 3 aromatic rings. The van der Waals surface area contributed by atoms with Crippen LogP contribution in [0.2, 0.25) is 5.02 Å².